The van der Waals surface area contributed by atoms with E-state index in [1.165, 1.54) is 5.56 Å². The van der Waals surface area contributed by atoms with Gasteiger partial charge in [0.25, 0.3) is 5.91 Å². The Labute approximate surface area is 119 Å². The molecule has 1 N–H and O–H groups in total. The van der Waals surface area contributed by atoms with Gasteiger partial charge >= 0.3 is 0 Å². The fourth-order valence-corrected chi connectivity index (χ4v) is 1.98. The van der Waals surface area contributed by atoms with Gasteiger partial charge in [0.2, 0.25) is 0 Å². The Balaban J connectivity index is 2.03. The number of aromatic nitrogens is 2. The number of anilines is 1. The second-order valence-electron chi connectivity index (χ2n) is 5.19. The molecule has 1 heterocycles. The largest absolute Gasteiger partial charge is 0.321 e. The summed E-state index contributed by atoms with van der Waals surface area (Å²) in [7, 11) is 0. The van der Waals surface area contributed by atoms with Crippen molar-refractivity contribution in [3.8, 4) is 0 Å². The van der Waals surface area contributed by atoms with E-state index in [2.05, 4.69) is 31.2 Å². The Morgan fingerprint density at radius 1 is 1.25 bits per heavy atom. The van der Waals surface area contributed by atoms with Crippen molar-refractivity contribution in [2.24, 2.45) is 0 Å². The minimum atomic E-state index is -0.169. The molecule has 2 aromatic rings. The number of nitrogens with one attached hydrogen (secondary N) is 1. The molecule has 0 saturated heterocycles. The van der Waals surface area contributed by atoms with Crippen molar-refractivity contribution in [3.63, 3.8) is 0 Å². The van der Waals surface area contributed by atoms with E-state index in [9.17, 15) is 4.79 Å². The first-order chi connectivity index (χ1) is 9.60. The number of carbonyl (C=O) groups excluding carboxylic acids is 1. The average molecular weight is 271 g/mol. The summed E-state index contributed by atoms with van der Waals surface area (Å²) in [6.45, 7) is 7.20. The van der Waals surface area contributed by atoms with Gasteiger partial charge in [-0.05, 0) is 36.1 Å². The predicted molar refractivity (Wildman–Crippen MR) is 81.0 cm³/mol. The lowest BCUT2D eigenvalue weighted by Gasteiger charge is -2.07. The van der Waals surface area contributed by atoms with Gasteiger partial charge < -0.3 is 5.32 Å². The van der Waals surface area contributed by atoms with Crippen LogP contribution in [-0.4, -0.2) is 15.7 Å². The molecule has 0 unspecified atom stereocenters. The summed E-state index contributed by atoms with van der Waals surface area (Å²) in [5, 5.41) is 7.11. The summed E-state index contributed by atoms with van der Waals surface area (Å²) in [6.07, 6.45) is 2.83. The van der Waals surface area contributed by atoms with Gasteiger partial charge in [-0.1, -0.05) is 32.9 Å². The number of hydrogen-bond acceptors (Lipinski definition) is 2. The van der Waals surface area contributed by atoms with Crippen molar-refractivity contribution in [2.75, 3.05) is 5.32 Å². The zero-order chi connectivity index (χ0) is 14.5. The molecule has 106 valence electrons. The van der Waals surface area contributed by atoms with Crippen LogP contribution in [0.25, 0.3) is 0 Å². The SMILES string of the molecule is CCCn1ccc(C(=O)Nc2ccc(C(C)C)cc2)n1. The number of aryl methyl sites for hydroxylation is 1. The highest BCUT2D eigenvalue weighted by Crippen LogP contribution is 2.17. The predicted octanol–water partition coefficient (Wildman–Crippen LogP) is 3.67. The molecule has 1 aromatic carbocycles. The van der Waals surface area contributed by atoms with Crippen molar-refractivity contribution in [3.05, 3.63) is 47.8 Å². The van der Waals surface area contributed by atoms with Gasteiger partial charge in [0.1, 0.15) is 0 Å². The van der Waals surface area contributed by atoms with E-state index in [0.29, 0.717) is 11.6 Å². The maximum Gasteiger partial charge on any atom is 0.276 e. The monoisotopic (exact) mass is 271 g/mol. The minimum Gasteiger partial charge on any atom is -0.321 e. The summed E-state index contributed by atoms with van der Waals surface area (Å²) in [5.74, 6) is 0.321. The third kappa shape index (κ3) is 3.47. The van der Waals surface area contributed by atoms with Crippen LogP contribution in [0.1, 0.15) is 49.2 Å². The van der Waals surface area contributed by atoms with E-state index in [4.69, 9.17) is 0 Å². The standard InChI is InChI=1S/C16H21N3O/c1-4-10-19-11-9-15(18-19)16(20)17-14-7-5-13(6-8-14)12(2)3/h5-9,11-12H,4,10H2,1-3H3,(H,17,20). The maximum atomic E-state index is 12.1. The number of rotatable bonds is 5. The molecule has 1 amide bonds. The summed E-state index contributed by atoms with van der Waals surface area (Å²) >= 11 is 0. The highest BCUT2D eigenvalue weighted by molar-refractivity contribution is 6.02. The third-order valence-corrected chi connectivity index (χ3v) is 3.16. The molecule has 20 heavy (non-hydrogen) atoms. The lowest BCUT2D eigenvalue weighted by atomic mass is 10.0. The molecule has 0 aliphatic rings. The van der Waals surface area contributed by atoms with Crippen molar-refractivity contribution >= 4 is 11.6 Å². The number of nitrogens with zero attached hydrogens (tertiary/aromatic N) is 2. The second kappa shape index (κ2) is 6.37. The molecule has 0 aliphatic carbocycles. The van der Waals surface area contributed by atoms with Gasteiger partial charge in [-0.15, -0.1) is 0 Å². The fourth-order valence-electron chi connectivity index (χ4n) is 1.98. The van der Waals surface area contributed by atoms with E-state index in [0.717, 1.165) is 18.7 Å². The average Bonchev–Trinajstić information content (AvgIpc) is 2.88. The van der Waals surface area contributed by atoms with Gasteiger partial charge in [0.05, 0.1) is 0 Å². The summed E-state index contributed by atoms with van der Waals surface area (Å²) in [6, 6.07) is 9.67. The van der Waals surface area contributed by atoms with Crippen LogP contribution < -0.4 is 5.32 Å². The number of hydrogen-bond donors (Lipinski definition) is 1. The molecule has 0 aliphatic heterocycles. The summed E-state index contributed by atoms with van der Waals surface area (Å²) in [4.78, 5) is 12.1. The molecule has 0 atom stereocenters. The molecule has 4 nitrogen and oxygen atoms in total. The third-order valence-electron chi connectivity index (χ3n) is 3.16. The minimum absolute atomic E-state index is 0.169. The Bertz CT molecular complexity index is 570. The zero-order valence-electron chi connectivity index (χ0n) is 12.3. The van der Waals surface area contributed by atoms with E-state index in [1.807, 2.05) is 30.5 Å². The molecule has 4 heteroatoms. The first kappa shape index (κ1) is 14.3. The van der Waals surface area contributed by atoms with Gasteiger partial charge in [0.15, 0.2) is 5.69 Å². The molecule has 2 rings (SSSR count). The van der Waals surface area contributed by atoms with Crippen LogP contribution in [0.4, 0.5) is 5.69 Å². The van der Waals surface area contributed by atoms with Gasteiger partial charge in [0, 0.05) is 18.4 Å². The van der Waals surface area contributed by atoms with Crippen LogP contribution >= 0.6 is 0 Å². The maximum absolute atomic E-state index is 12.1. The molecule has 0 bridgehead atoms. The van der Waals surface area contributed by atoms with Gasteiger partial charge in [-0.25, -0.2) is 0 Å². The van der Waals surface area contributed by atoms with E-state index < -0.39 is 0 Å². The quantitative estimate of drug-likeness (QED) is 0.902. The highest BCUT2D eigenvalue weighted by atomic mass is 16.1. The zero-order valence-corrected chi connectivity index (χ0v) is 12.3. The number of amides is 1. The van der Waals surface area contributed by atoms with E-state index >= 15 is 0 Å². The highest BCUT2D eigenvalue weighted by Gasteiger charge is 2.09. The van der Waals surface area contributed by atoms with Crippen LogP contribution in [0.2, 0.25) is 0 Å². The fraction of sp³-hybridized carbons (Fsp3) is 0.375. The lowest BCUT2D eigenvalue weighted by Crippen LogP contribution is -2.13. The molecule has 1 aromatic heterocycles. The number of benzene rings is 1. The smallest absolute Gasteiger partial charge is 0.276 e. The van der Waals surface area contributed by atoms with Crippen molar-refractivity contribution in [1.29, 1.82) is 0 Å². The molecule has 0 saturated carbocycles. The van der Waals surface area contributed by atoms with Crippen LogP contribution in [0.15, 0.2) is 36.5 Å². The number of carbonyl (C=O) groups is 1. The van der Waals surface area contributed by atoms with E-state index in [1.54, 1.807) is 10.7 Å². The first-order valence-electron chi connectivity index (χ1n) is 7.05. The topological polar surface area (TPSA) is 46.9 Å². The molecular formula is C16H21N3O. The summed E-state index contributed by atoms with van der Waals surface area (Å²) < 4.78 is 1.79. The van der Waals surface area contributed by atoms with Crippen LogP contribution in [-0.2, 0) is 6.54 Å². The Hall–Kier alpha value is -2.10. The van der Waals surface area contributed by atoms with Crippen LogP contribution in [0, 0.1) is 0 Å². The van der Waals surface area contributed by atoms with Crippen molar-refractivity contribution in [2.45, 2.75) is 39.7 Å². The Kier molecular flexibility index (Phi) is 4.56. The van der Waals surface area contributed by atoms with Gasteiger partial charge in [-0.3, -0.25) is 9.48 Å². The van der Waals surface area contributed by atoms with Crippen molar-refractivity contribution < 1.29 is 4.79 Å². The van der Waals surface area contributed by atoms with Crippen LogP contribution in [0.5, 0.6) is 0 Å². The molecular weight excluding hydrogens is 250 g/mol. The Morgan fingerprint density at radius 2 is 1.95 bits per heavy atom. The lowest BCUT2D eigenvalue weighted by molar-refractivity contribution is 0.102. The van der Waals surface area contributed by atoms with Gasteiger partial charge in [-0.2, -0.15) is 5.10 Å². The normalized spacial score (nSPS) is 10.8. The Morgan fingerprint density at radius 3 is 2.55 bits per heavy atom. The molecule has 0 fully saturated rings. The molecule has 0 spiro atoms. The first-order valence-corrected chi connectivity index (χ1v) is 7.05. The van der Waals surface area contributed by atoms with E-state index in [-0.39, 0.29) is 5.91 Å². The van der Waals surface area contributed by atoms with Crippen LogP contribution in [0.3, 0.4) is 0 Å². The van der Waals surface area contributed by atoms with Crippen molar-refractivity contribution in [1.82, 2.24) is 9.78 Å². The second-order valence-corrected chi connectivity index (χ2v) is 5.19. The molecule has 0 radical (unpaired) electrons. The summed E-state index contributed by atoms with van der Waals surface area (Å²) in [5.41, 5.74) is 2.51.